The lowest BCUT2D eigenvalue weighted by atomic mass is 9.87. The molecular formula is C17H29ClN2O2. The zero-order chi connectivity index (χ0) is 16.0. The summed E-state index contributed by atoms with van der Waals surface area (Å²) in [6.07, 6.45) is 0.419. The third kappa shape index (κ3) is 5.18. The van der Waals surface area contributed by atoms with Gasteiger partial charge >= 0.3 is 0 Å². The van der Waals surface area contributed by atoms with Crippen LogP contribution in [0.4, 0.5) is 0 Å². The highest BCUT2D eigenvalue weighted by molar-refractivity contribution is 5.85. The van der Waals surface area contributed by atoms with Crippen LogP contribution in [0.25, 0.3) is 0 Å². The van der Waals surface area contributed by atoms with Gasteiger partial charge in [-0.2, -0.15) is 0 Å². The van der Waals surface area contributed by atoms with Gasteiger partial charge in [0.1, 0.15) is 5.75 Å². The molecule has 3 N–H and O–H groups in total. The summed E-state index contributed by atoms with van der Waals surface area (Å²) >= 11 is 0. The summed E-state index contributed by atoms with van der Waals surface area (Å²) < 4.78 is 5.36. The minimum atomic E-state index is -0.364. The second-order valence-corrected chi connectivity index (χ2v) is 6.17. The molecule has 0 aromatic heterocycles. The van der Waals surface area contributed by atoms with Gasteiger partial charge in [0.25, 0.3) is 0 Å². The summed E-state index contributed by atoms with van der Waals surface area (Å²) in [4.78, 5) is 12.3. The molecule has 0 fully saturated rings. The van der Waals surface area contributed by atoms with Gasteiger partial charge in [-0.3, -0.25) is 4.79 Å². The first kappa shape index (κ1) is 20.7. The predicted octanol–water partition coefficient (Wildman–Crippen LogP) is 3.10. The van der Waals surface area contributed by atoms with Gasteiger partial charge in [0, 0.05) is 13.0 Å². The Kier molecular flexibility index (Phi) is 8.49. The zero-order valence-electron chi connectivity index (χ0n) is 14.2. The van der Waals surface area contributed by atoms with Crippen LogP contribution in [0.15, 0.2) is 24.3 Å². The first-order valence-electron chi connectivity index (χ1n) is 7.48. The Bertz CT molecular complexity index is 479. The van der Waals surface area contributed by atoms with Gasteiger partial charge in [-0.25, -0.2) is 0 Å². The van der Waals surface area contributed by atoms with E-state index in [1.165, 1.54) is 0 Å². The van der Waals surface area contributed by atoms with Crippen molar-refractivity contribution in [3.05, 3.63) is 29.8 Å². The van der Waals surface area contributed by atoms with E-state index in [0.29, 0.717) is 13.0 Å². The Hall–Kier alpha value is -1.26. The average molecular weight is 329 g/mol. The third-order valence-corrected chi connectivity index (χ3v) is 4.28. The number of rotatable bonds is 7. The Morgan fingerprint density at radius 2 is 1.91 bits per heavy atom. The Morgan fingerprint density at radius 3 is 2.41 bits per heavy atom. The molecule has 2 atom stereocenters. The molecule has 22 heavy (non-hydrogen) atoms. The standard InChI is InChI=1S/C17H28N2O2.ClH/c1-12(2)17(4,11-18)19-16(20)10-13(3)14-8-6-7-9-15(14)21-5;/h6-9,12-13H,10-11,18H2,1-5H3,(H,19,20);1H. The lowest BCUT2D eigenvalue weighted by Gasteiger charge is -2.34. The van der Waals surface area contributed by atoms with E-state index in [4.69, 9.17) is 10.5 Å². The van der Waals surface area contributed by atoms with Crippen LogP contribution in [-0.4, -0.2) is 25.1 Å². The second-order valence-electron chi connectivity index (χ2n) is 6.17. The van der Waals surface area contributed by atoms with Gasteiger partial charge in [0.15, 0.2) is 0 Å². The van der Waals surface area contributed by atoms with Crippen molar-refractivity contribution < 1.29 is 9.53 Å². The van der Waals surface area contributed by atoms with Gasteiger partial charge in [-0.15, -0.1) is 12.4 Å². The van der Waals surface area contributed by atoms with Crippen molar-refractivity contribution in [2.75, 3.05) is 13.7 Å². The number of ether oxygens (including phenoxy) is 1. The molecule has 0 aliphatic carbocycles. The molecule has 0 saturated heterocycles. The molecule has 0 bridgehead atoms. The van der Waals surface area contributed by atoms with Crippen molar-refractivity contribution in [2.24, 2.45) is 11.7 Å². The van der Waals surface area contributed by atoms with Crippen molar-refractivity contribution in [1.29, 1.82) is 0 Å². The highest BCUT2D eigenvalue weighted by Gasteiger charge is 2.29. The number of para-hydroxylation sites is 1. The first-order chi connectivity index (χ1) is 9.84. The molecule has 5 heteroatoms. The summed E-state index contributed by atoms with van der Waals surface area (Å²) in [6.45, 7) is 8.59. The molecule has 1 aromatic carbocycles. The van der Waals surface area contributed by atoms with Crippen molar-refractivity contribution in [3.63, 3.8) is 0 Å². The Morgan fingerprint density at radius 1 is 1.32 bits per heavy atom. The maximum Gasteiger partial charge on any atom is 0.221 e. The molecule has 0 heterocycles. The van der Waals surface area contributed by atoms with Crippen LogP contribution in [0.3, 0.4) is 0 Å². The normalized spacial score (nSPS) is 14.7. The van der Waals surface area contributed by atoms with Gasteiger partial charge in [0.05, 0.1) is 12.6 Å². The number of hydrogen-bond donors (Lipinski definition) is 2. The molecule has 0 radical (unpaired) electrons. The van der Waals surface area contributed by atoms with Crippen molar-refractivity contribution in [2.45, 2.75) is 45.6 Å². The van der Waals surface area contributed by atoms with Crippen LogP contribution < -0.4 is 15.8 Å². The molecule has 2 unspecified atom stereocenters. The molecule has 0 aliphatic rings. The number of benzene rings is 1. The molecule has 126 valence electrons. The van der Waals surface area contributed by atoms with E-state index >= 15 is 0 Å². The number of hydrogen-bond acceptors (Lipinski definition) is 3. The molecule has 0 spiro atoms. The number of carbonyl (C=O) groups is 1. The van der Waals surface area contributed by atoms with E-state index in [-0.39, 0.29) is 35.7 Å². The van der Waals surface area contributed by atoms with E-state index in [0.717, 1.165) is 11.3 Å². The van der Waals surface area contributed by atoms with E-state index in [1.54, 1.807) is 7.11 Å². The van der Waals surface area contributed by atoms with Crippen LogP contribution >= 0.6 is 12.4 Å². The molecule has 1 aromatic rings. The predicted molar refractivity (Wildman–Crippen MR) is 93.7 cm³/mol. The van der Waals surface area contributed by atoms with Crippen LogP contribution in [-0.2, 0) is 4.79 Å². The van der Waals surface area contributed by atoms with Crippen LogP contribution in [0.1, 0.15) is 45.6 Å². The minimum Gasteiger partial charge on any atom is -0.496 e. The summed E-state index contributed by atoms with van der Waals surface area (Å²) in [5, 5.41) is 3.08. The van der Waals surface area contributed by atoms with Gasteiger partial charge in [0.2, 0.25) is 5.91 Å². The largest absolute Gasteiger partial charge is 0.496 e. The highest BCUT2D eigenvalue weighted by atomic mass is 35.5. The van der Waals surface area contributed by atoms with E-state index in [1.807, 2.05) is 38.1 Å². The molecule has 0 saturated carbocycles. The number of methoxy groups -OCH3 is 1. The summed E-state index contributed by atoms with van der Waals surface area (Å²) in [5.41, 5.74) is 6.50. The van der Waals surface area contributed by atoms with E-state index in [9.17, 15) is 4.79 Å². The van der Waals surface area contributed by atoms with Crippen LogP contribution in [0, 0.1) is 5.92 Å². The number of halogens is 1. The fourth-order valence-electron chi connectivity index (χ4n) is 2.26. The maximum absolute atomic E-state index is 12.3. The topological polar surface area (TPSA) is 64.3 Å². The van der Waals surface area contributed by atoms with Gasteiger partial charge < -0.3 is 15.8 Å². The number of amides is 1. The van der Waals surface area contributed by atoms with Crippen molar-refractivity contribution in [1.82, 2.24) is 5.32 Å². The minimum absolute atomic E-state index is 0. The number of nitrogens with one attached hydrogen (secondary N) is 1. The SMILES string of the molecule is COc1ccccc1C(C)CC(=O)NC(C)(CN)C(C)C.Cl. The van der Waals surface area contributed by atoms with Crippen LogP contribution in [0.2, 0.25) is 0 Å². The summed E-state index contributed by atoms with van der Waals surface area (Å²) in [6, 6.07) is 7.81. The van der Waals surface area contributed by atoms with Crippen molar-refractivity contribution >= 4 is 18.3 Å². The Balaban J connectivity index is 0.00000441. The molecule has 4 nitrogen and oxygen atoms in total. The summed E-state index contributed by atoms with van der Waals surface area (Å²) in [5.74, 6) is 1.22. The zero-order valence-corrected chi connectivity index (χ0v) is 15.0. The lowest BCUT2D eigenvalue weighted by molar-refractivity contribution is -0.123. The third-order valence-electron chi connectivity index (χ3n) is 4.28. The van der Waals surface area contributed by atoms with Gasteiger partial charge in [-0.1, -0.05) is 39.0 Å². The molecule has 1 rings (SSSR count). The fourth-order valence-corrected chi connectivity index (χ4v) is 2.26. The summed E-state index contributed by atoms with van der Waals surface area (Å²) in [7, 11) is 1.65. The van der Waals surface area contributed by atoms with Crippen LogP contribution in [0.5, 0.6) is 5.75 Å². The second kappa shape index (κ2) is 9.01. The number of carbonyl (C=O) groups excluding carboxylic acids is 1. The van der Waals surface area contributed by atoms with E-state index in [2.05, 4.69) is 19.2 Å². The molecule has 0 aliphatic heterocycles. The number of nitrogens with two attached hydrogens (primary N) is 1. The lowest BCUT2D eigenvalue weighted by Crippen LogP contribution is -2.55. The smallest absolute Gasteiger partial charge is 0.221 e. The van der Waals surface area contributed by atoms with Gasteiger partial charge in [-0.05, 0) is 30.4 Å². The Labute approximate surface area is 140 Å². The average Bonchev–Trinajstić information content (AvgIpc) is 2.46. The quantitative estimate of drug-likeness (QED) is 0.808. The first-order valence-corrected chi connectivity index (χ1v) is 7.48. The monoisotopic (exact) mass is 328 g/mol. The van der Waals surface area contributed by atoms with Crippen molar-refractivity contribution in [3.8, 4) is 5.75 Å². The molecular weight excluding hydrogens is 300 g/mol. The van der Waals surface area contributed by atoms with E-state index < -0.39 is 0 Å². The molecule has 1 amide bonds. The highest BCUT2D eigenvalue weighted by Crippen LogP contribution is 2.28. The maximum atomic E-state index is 12.3. The fraction of sp³-hybridized carbons (Fsp3) is 0.588.